The molecule has 1 aromatic carbocycles. The van der Waals surface area contributed by atoms with Crippen LogP contribution in [-0.4, -0.2) is 42.0 Å². The molecular weight excluding hydrogens is 364 g/mol. The first kappa shape index (κ1) is 18.8. The average Bonchev–Trinajstić information content (AvgIpc) is 3.30. The van der Waals surface area contributed by atoms with Gasteiger partial charge in [0, 0.05) is 18.0 Å². The van der Waals surface area contributed by atoms with E-state index in [1.54, 1.807) is 6.08 Å². The van der Waals surface area contributed by atoms with E-state index in [1.807, 2.05) is 48.7 Å². The Morgan fingerprint density at radius 2 is 2.11 bits per heavy atom. The third-order valence-corrected chi connectivity index (χ3v) is 5.02. The highest BCUT2D eigenvalue weighted by molar-refractivity contribution is 7.11. The predicted molar refractivity (Wildman–Crippen MR) is 104 cm³/mol. The molecule has 0 bridgehead atoms. The number of esters is 1. The molecule has 6 nitrogen and oxygen atoms in total. The lowest BCUT2D eigenvalue weighted by Gasteiger charge is -2.18. The topological polar surface area (TPSA) is 75.7 Å². The van der Waals surface area contributed by atoms with E-state index < -0.39 is 24.0 Å². The largest absolute Gasteiger partial charge is 0.449 e. The molecule has 7 heteroatoms. The Morgan fingerprint density at radius 1 is 1.30 bits per heavy atom. The monoisotopic (exact) mass is 384 g/mol. The first-order valence-corrected chi connectivity index (χ1v) is 9.46. The van der Waals surface area contributed by atoms with E-state index in [-0.39, 0.29) is 6.54 Å². The van der Waals surface area contributed by atoms with E-state index in [9.17, 15) is 14.4 Å². The van der Waals surface area contributed by atoms with Crippen LogP contribution in [0.2, 0.25) is 0 Å². The maximum atomic E-state index is 12.8. The van der Waals surface area contributed by atoms with Crippen molar-refractivity contribution in [3.63, 3.8) is 0 Å². The van der Waals surface area contributed by atoms with Crippen LogP contribution in [-0.2, 0) is 14.3 Å². The Hall–Kier alpha value is -2.93. The summed E-state index contributed by atoms with van der Waals surface area (Å²) in [6, 6.07) is 11.0. The van der Waals surface area contributed by atoms with Gasteiger partial charge < -0.3 is 10.1 Å². The number of amides is 3. The Balaban J connectivity index is 1.81. The van der Waals surface area contributed by atoms with Crippen molar-refractivity contribution >= 4 is 40.9 Å². The number of thiophene rings is 1. The number of urea groups is 1. The number of rotatable bonds is 5. The summed E-state index contributed by atoms with van der Waals surface area (Å²) in [5.74, 6) is -1.13. The summed E-state index contributed by atoms with van der Waals surface area (Å²) in [6.07, 6.45) is 0.697. The van der Waals surface area contributed by atoms with Gasteiger partial charge in [-0.3, -0.25) is 9.69 Å². The van der Waals surface area contributed by atoms with E-state index in [1.165, 1.54) is 18.3 Å². The molecule has 1 aliphatic rings. The van der Waals surface area contributed by atoms with Gasteiger partial charge in [0.05, 0.1) is 5.57 Å². The lowest BCUT2D eigenvalue weighted by molar-refractivity contribution is -0.152. The van der Waals surface area contributed by atoms with Crippen LogP contribution in [0.5, 0.6) is 0 Å². The zero-order valence-electron chi connectivity index (χ0n) is 15.1. The smallest absolute Gasteiger partial charge is 0.340 e. The summed E-state index contributed by atoms with van der Waals surface area (Å²) in [5.41, 5.74) is 2.32. The number of hydrogen-bond acceptors (Lipinski definition) is 5. The highest BCUT2D eigenvalue weighted by Gasteiger charge is 2.32. The molecule has 0 spiro atoms. The Morgan fingerprint density at radius 3 is 2.74 bits per heavy atom. The number of nitrogens with zero attached hydrogens (tertiary/aromatic N) is 1. The molecule has 2 heterocycles. The Kier molecular flexibility index (Phi) is 5.71. The van der Waals surface area contributed by atoms with Crippen molar-refractivity contribution in [1.82, 2.24) is 10.2 Å². The molecule has 0 saturated carbocycles. The first-order valence-electron chi connectivity index (χ1n) is 8.58. The van der Waals surface area contributed by atoms with Gasteiger partial charge in [0.25, 0.3) is 5.91 Å². The van der Waals surface area contributed by atoms with Gasteiger partial charge in [0.15, 0.2) is 6.10 Å². The van der Waals surface area contributed by atoms with Gasteiger partial charge in [0.1, 0.15) is 0 Å². The van der Waals surface area contributed by atoms with Gasteiger partial charge in [0.2, 0.25) is 0 Å². The fourth-order valence-corrected chi connectivity index (χ4v) is 3.49. The van der Waals surface area contributed by atoms with Crippen LogP contribution in [0, 0.1) is 6.92 Å². The summed E-state index contributed by atoms with van der Waals surface area (Å²) in [7, 11) is 0. The third-order valence-electron chi connectivity index (χ3n) is 4.11. The molecule has 27 heavy (non-hydrogen) atoms. The number of benzene rings is 1. The summed E-state index contributed by atoms with van der Waals surface area (Å²) in [6.45, 7) is 4.13. The third kappa shape index (κ3) is 4.43. The fraction of sp³-hybridized carbons (Fsp3) is 0.250. The molecule has 0 aliphatic carbocycles. The standard InChI is InChI=1S/C20H20N2O4S/c1-13-5-3-6-15(11-13)12-16(17-7-4-10-27-17)19(24)26-14(2)18(23)22-9-8-21-20(22)25/h3-7,10-12,14H,8-9H2,1-2H3,(H,21,25)/b16-12+/t14-/m0/s1. The van der Waals surface area contributed by atoms with Crippen molar-refractivity contribution in [1.29, 1.82) is 0 Å². The molecule has 3 rings (SSSR count). The predicted octanol–water partition coefficient (Wildman–Crippen LogP) is 3.08. The highest BCUT2D eigenvalue weighted by Crippen LogP contribution is 2.25. The molecule has 140 valence electrons. The van der Waals surface area contributed by atoms with Crippen molar-refractivity contribution in [2.24, 2.45) is 0 Å². The van der Waals surface area contributed by atoms with Crippen LogP contribution in [0.15, 0.2) is 41.8 Å². The molecule has 0 radical (unpaired) electrons. The van der Waals surface area contributed by atoms with E-state index in [0.29, 0.717) is 12.1 Å². The lowest BCUT2D eigenvalue weighted by Crippen LogP contribution is -2.41. The van der Waals surface area contributed by atoms with Crippen molar-refractivity contribution in [3.8, 4) is 0 Å². The lowest BCUT2D eigenvalue weighted by atomic mass is 10.1. The van der Waals surface area contributed by atoms with Gasteiger partial charge in [-0.05, 0) is 36.9 Å². The number of nitrogens with one attached hydrogen (secondary N) is 1. The minimum absolute atomic E-state index is 0.274. The first-order chi connectivity index (χ1) is 13.0. The molecule has 1 aliphatic heterocycles. The Labute approximate surface area is 161 Å². The minimum Gasteiger partial charge on any atom is -0.449 e. The molecule has 1 atom stereocenters. The summed E-state index contributed by atoms with van der Waals surface area (Å²) in [4.78, 5) is 38.6. The highest BCUT2D eigenvalue weighted by atomic mass is 32.1. The van der Waals surface area contributed by atoms with E-state index in [2.05, 4.69) is 5.32 Å². The van der Waals surface area contributed by atoms with Crippen LogP contribution >= 0.6 is 11.3 Å². The molecule has 0 unspecified atom stereocenters. The molecule has 1 N–H and O–H groups in total. The second-order valence-electron chi connectivity index (χ2n) is 6.22. The van der Waals surface area contributed by atoms with Gasteiger partial charge in [-0.25, -0.2) is 9.59 Å². The van der Waals surface area contributed by atoms with Gasteiger partial charge in [-0.15, -0.1) is 11.3 Å². The van der Waals surface area contributed by atoms with Crippen LogP contribution < -0.4 is 5.32 Å². The summed E-state index contributed by atoms with van der Waals surface area (Å²) < 4.78 is 5.39. The number of aryl methyl sites for hydroxylation is 1. The van der Waals surface area contributed by atoms with E-state index in [4.69, 9.17) is 4.74 Å². The zero-order valence-corrected chi connectivity index (χ0v) is 15.9. The molecular formula is C20H20N2O4S. The SMILES string of the molecule is Cc1cccc(/C=C(/C(=O)O[C@@H](C)C(=O)N2CCNC2=O)c2cccs2)c1. The maximum Gasteiger partial charge on any atom is 0.340 e. The quantitative estimate of drug-likeness (QED) is 0.635. The van der Waals surface area contributed by atoms with Crippen molar-refractivity contribution in [2.75, 3.05) is 13.1 Å². The number of carbonyl (C=O) groups excluding carboxylic acids is 3. The molecule has 1 fully saturated rings. The van der Waals surface area contributed by atoms with E-state index in [0.717, 1.165) is 20.9 Å². The zero-order chi connectivity index (χ0) is 19.4. The second-order valence-corrected chi connectivity index (χ2v) is 7.17. The van der Waals surface area contributed by atoms with Crippen LogP contribution in [0.3, 0.4) is 0 Å². The second kappa shape index (κ2) is 8.18. The van der Waals surface area contributed by atoms with Crippen molar-refractivity contribution < 1.29 is 19.1 Å². The normalized spacial score (nSPS) is 15.4. The minimum atomic E-state index is -1.05. The van der Waals surface area contributed by atoms with Gasteiger partial charge >= 0.3 is 12.0 Å². The molecule has 1 saturated heterocycles. The van der Waals surface area contributed by atoms with Crippen molar-refractivity contribution in [2.45, 2.75) is 20.0 Å². The maximum absolute atomic E-state index is 12.8. The number of hydrogen-bond donors (Lipinski definition) is 1. The Bertz CT molecular complexity index is 889. The fourth-order valence-electron chi connectivity index (χ4n) is 2.76. The van der Waals surface area contributed by atoms with Gasteiger partial charge in [-0.2, -0.15) is 0 Å². The van der Waals surface area contributed by atoms with E-state index >= 15 is 0 Å². The van der Waals surface area contributed by atoms with Crippen LogP contribution in [0.4, 0.5) is 4.79 Å². The number of imide groups is 1. The summed E-state index contributed by atoms with van der Waals surface area (Å²) >= 11 is 1.42. The molecule has 2 aromatic rings. The number of ether oxygens (including phenoxy) is 1. The number of carbonyl (C=O) groups is 3. The van der Waals surface area contributed by atoms with Crippen LogP contribution in [0.1, 0.15) is 22.9 Å². The summed E-state index contributed by atoms with van der Waals surface area (Å²) in [5, 5.41) is 4.43. The van der Waals surface area contributed by atoms with Crippen molar-refractivity contribution in [3.05, 3.63) is 57.8 Å². The molecule has 3 amide bonds. The molecule has 1 aromatic heterocycles. The van der Waals surface area contributed by atoms with Crippen LogP contribution in [0.25, 0.3) is 11.6 Å². The van der Waals surface area contributed by atoms with Gasteiger partial charge in [-0.1, -0.05) is 35.9 Å². The average molecular weight is 384 g/mol.